The van der Waals surface area contributed by atoms with Crippen LogP contribution in [0.1, 0.15) is 39.0 Å². The molecule has 1 aromatic rings. The fourth-order valence-corrected chi connectivity index (χ4v) is 4.05. The lowest BCUT2D eigenvalue weighted by molar-refractivity contribution is -0.119. The Morgan fingerprint density at radius 1 is 1.33 bits per heavy atom. The van der Waals surface area contributed by atoms with Gasteiger partial charge in [-0.3, -0.25) is 4.79 Å². The summed E-state index contributed by atoms with van der Waals surface area (Å²) in [5.41, 5.74) is 0. The first kappa shape index (κ1) is 15.1. The van der Waals surface area contributed by atoms with Gasteiger partial charge in [-0.25, -0.2) is 0 Å². The number of nitrogens with one attached hydrogen (secondary N) is 2. The van der Waals surface area contributed by atoms with Gasteiger partial charge >= 0.3 is 0 Å². The van der Waals surface area contributed by atoms with Crippen LogP contribution in [-0.2, 0) is 4.79 Å². The Morgan fingerprint density at radius 3 is 2.67 bits per heavy atom. The first-order chi connectivity index (χ1) is 10.3. The Kier molecular flexibility index (Phi) is 5.00. The summed E-state index contributed by atoms with van der Waals surface area (Å²) in [6.45, 7) is 3.02. The zero-order chi connectivity index (χ0) is 14.7. The molecule has 2 aliphatic rings. The Morgan fingerprint density at radius 2 is 2.05 bits per heavy atom. The maximum Gasteiger partial charge on any atom is 0.230 e. The van der Waals surface area contributed by atoms with Crippen LogP contribution < -0.4 is 10.6 Å². The number of rotatable bonds is 9. The van der Waals surface area contributed by atoms with Gasteiger partial charge in [0, 0.05) is 12.6 Å². The average Bonchev–Trinajstić information content (AvgIpc) is 3.39. The van der Waals surface area contributed by atoms with Crippen LogP contribution in [0, 0.1) is 11.8 Å². The molecule has 2 aliphatic carbocycles. The fraction of sp³-hybridized carbons (Fsp3) is 0.786. The molecule has 1 heterocycles. The lowest BCUT2D eigenvalue weighted by Gasteiger charge is -2.17. The van der Waals surface area contributed by atoms with Crippen molar-refractivity contribution >= 4 is 34.1 Å². The first-order valence-electron chi connectivity index (χ1n) is 7.75. The Hall–Kier alpha value is -0.820. The second-order valence-corrected chi connectivity index (χ2v) is 8.06. The van der Waals surface area contributed by atoms with Crippen LogP contribution in [0.25, 0.3) is 0 Å². The SMILES string of the molecule is CCCNc1nnc(SCC(=O)NC(C2CC2)C2CC2)s1. The predicted octanol–water partition coefficient (Wildman–Crippen LogP) is 2.76. The summed E-state index contributed by atoms with van der Waals surface area (Å²) in [5.74, 6) is 2.08. The number of anilines is 1. The maximum atomic E-state index is 12.1. The molecular weight excluding hydrogens is 304 g/mol. The van der Waals surface area contributed by atoms with E-state index in [-0.39, 0.29) is 5.91 Å². The van der Waals surface area contributed by atoms with Crippen molar-refractivity contribution in [3.05, 3.63) is 0 Å². The van der Waals surface area contributed by atoms with E-state index in [2.05, 4.69) is 27.8 Å². The number of nitrogens with zero attached hydrogens (tertiary/aromatic N) is 2. The van der Waals surface area contributed by atoms with Crippen LogP contribution in [0.4, 0.5) is 5.13 Å². The van der Waals surface area contributed by atoms with Crippen LogP contribution in [0.5, 0.6) is 0 Å². The molecule has 7 heteroatoms. The zero-order valence-corrected chi connectivity index (χ0v) is 13.9. The molecule has 2 N–H and O–H groups in total. The van der Waals surface area contributed by atoms with Gasteiger partial charge in [-0.1, -0.05) is 30.0 Å². The van der Waals surface area contributed by atoms with Gasteiger partial charge in [0.05, 0.1) is 5.75 Å². The smallest absolute Gasteiger partial charge is 0.230 e. The number of hydrogen-bond acceptors (Lipinski definition) is 6. The lowest BCUT2D eigenvalue weighted by Crippen LogP contribution is -2.39. The molecule has 5 nitrogen and oxygen atoms in total. The minimum absolute atomic E-state index is 0.141. The fourth-order valence-electron chi connectivity index (χ4n) is 2.46. The molecule has 0 spiro atoms. The number of hydrogen-bond donors (Lipinski definition) is 2. The number of thioether (sulfide) groups is 1. The summed E-state index contributed by atoms with van der Waals surface area (Å²) in [7, 11) is 0. The Bertz CT molecular complexity index is 473. The van der Waals surface area contributed by atoms with E-state index in [1.54, 1.807) is 0 Å². The summed E-state index contributed by atoms with van der Waals surface area (Å²) >= 11 is 3.00. The van der Waals surface area contributed by atoms with Crippen LogP contribution in [0.15, 0.2) is 4.34 Å². The van der Waals surface area contributed by atoms with Gasteiger partial charge in [-0.2, -0.15) is 0 Å². The molecular formula is C14H22N4OS2. The molecule has 0 aromatic carbocycles. The highest BCUT2D eigenvalue weighted by atomic mass is 32.2. The topological polar surface area (TPSA) is 66.9 Å². The van der Waals surface area contributed by atoms with Crippen molar-refractivity contribution in [2.75, 3.05) is 17.6 Å². The molecule has 21 heavy (non-hydrogen) atoms. The lowest BCUT2D eigenvalue weighted by atomic mass is 10.1. The molecule has 3 rings (SSSR count). The summed E-state index contributed by atoms with van der Waals surface area (Å²) < 4.78 is 0.859. The average molecular weight is 326 g/mol. The third kappa shape index (κ3) is 4.57. The molecule has 1 amide bonds. The number of carbonyl (C=O) groups excluding carboxylic acids is 1. The summed E-state index contributed by atoms with van der Waals surface area (Å²) in [4.78, 5) is 12.1. The van der Waals surface area contributed by atoms with E-state index >= 15 is 0 Å². The highest BCUT2D eigenvalue weighted by molar-refractivity contribution is 8.01. The number of carbonyl (C=O) groups is 1. The summed E-state index contributed by atoms with van der Waals surface area (Å²) in [5, 5.41) is 15.5. The van der Waals surface area contributed by atoms with Crippen LogP contribution >= 0.6 is 23.1 Å². The van der Waals surface area contributed by atoms with Crippen LogP contribution in [0.3, 0.4) is 0 Å². The minimum Gasteiger partial charge on any atom is -0.360 e. The van der Waals surface area contributed by atoms with Crippen molar-refractivity contribution < 1.29 is 4.79 Å². The monoisotopic (exact) mass is 326 g/mol. The molecule has 0 unspecified atom stereocenters. The van der Waals surface area contributed by atoms with Crippen molar-refractivity contribution in [2.45, 2.75) is 49.4 Å². The highest BCUT2D eigenvalue weighted by Crippen LogP contribution is 2.44. The number of aromatic nitrogens is 2. The van der Waals surface area contributed by atoms with E-state index in [0.29, 0.717) is 11.8 Å². The maximum absolute atomic E-state index is 12.1. The number of amides is 1. The standard InChI is InChI=1S/C14H22N4OS2/c1-2-7-15-13-17-18-14(21-13)20-8-11(19)16-12(9-3-4-9)10-5-6-10/h9-10,12H,2-8H2,1H3,(H,15,17)(H,16,19). The minimum atomic E-state index is 0.141. The summed E-state index contributed by atoms with van der Waals surface area (Å²) in [6, 6.07) is 0.439. The quantitative estimate of drug-likeness (QED) is 0.683. The Labute approximate surface area is 133 Å². The van der Waals surface area contributed by atoms with E-state index in [1.165, 1.54) is 48.8 Å². The summed E-state index contributed by atoms with van der Waals surface area (Å²) in [6.07, 6.45) is 6.22. The largest absolute Gasteiger partial charge is 0.360 e. The zero-order valence-electron chi connectivity index (χ0n) is 12.3. The van der Waals surface area contributed by atoms with Gasteiger partial charge in [-0.05, 0) is 43.9 Å². The van der Waals surface area contributed by atoms with E-state index in [4.69, 9.17) is 0 Å². The predicted molar refractivity (Wildman–Crippen MR) is 86.8 cm³/mol. The van der Waals surface area contributed by atoms with Crippen molar-refractivity contribution in [2.24, 2.45) is 11.8 Å². The molecule has 0 aliphatic heterocycles. The third-order valence-corrected chi connectivity index (χ3v) is 5.86. The first-order valence-corrected chi connectivity index (χ1v) is 9.56. The molecule has 1 aromatic heterocycles. The Balaban J connectivity index is 1.41. The van der Waals surface area contributed by atoms with Gasteiger partial charge in [-0.15, -0.1) is 10.2 Å². The molecule has 0 saturated heterocycles. The molecule has 0 radical (unpaired) electrons. The van der Waals surface area contributed by atoms with Gasteiger partial charge in [0.2, 0.25) is 11.0 Å². The molecule has 0 bridgehead atoms. The molecule has 116 valence electrons. The van der Waals surface area contributed by atoms with Gasteiger partial charge in [0.25, 0.3) is 0 Å². The van der Waals surface area contributed by atoms with Crippen molar-refractivity contribution in [1.82, 2.24) is 15.5 Å². The second-order valence-electron chi connectivity index (χ2n) is 5.86. The van der Waals surface area contributed by atoms with Crippen LogP contribution in [-0.4, -0.2) is 34.4 Å². The van der Waals surface area contributed by atoms with E-state index < -0.39 is 0 Å². The van der Waals surface area contributed by atoms with Gasteiger partial charge < -0.3 is 10.6 Å². The second kappa shape index (κ2) is 6.96. The normalized spacial score (nSPS) is 18.0. The van der Waals surface area contributed by atoms with Crippen molar-refractivity contribution in [3.8, 4) is 0 Å². The van der Waals surface area contributed by atoms with E-state index in [1.807, 2.05) is 0 Å². The van der Waals surface area contributed by atoms with Crippen molar-refractivity contribution in [1.29, 1.82) is 0 Å². The highest BCUT2D eigenvalue weighted by Gasteiger charge is 2.42. The van der Waals surface area contributed by atoms with Gasteiger partial charge in [0.15, 0.2) is 4.34 Å². The molecule has 2 fully saturated rings. The third-order valence-electron chi connectivity index (χ3n) is 3.85. The van der Waals surface area contributed by atoms with Crippen LogP contribution in [0.2, 0.25) is 0 Å². The van der Waals surface area contributed by atoms with Gasteiger partial charge in [0.1, 0.15) is 0 Å². The molecule has 0 atom stereocenters. The van der Waals surface area contributed by atoms with Crippen molar-refractivity contribution in [3.63, 3.8) is 0 Å². The molecule has 2 saturated carbocycles. The van der Waals surface area contributed by atoms with E-state index in [9.17, 15) is 4.79 Å². The van der Waals surface area contributed by atoms with E-state index in [0.717, 1.165) is 34.3 Å².